The number of nitrogens with two attached hydrogens (primary N) is 1. The van der Waals surface area contributed by atoms with Gasteiger partial charge in [-0.2, -0.15) is 4.98 Å². The largest absolute Gasteiger partial charge is 0.366 e. The maximum Gasteiger partial charge on any atom is 0.248 e. The van der Waals surface area contributed by atoms with E-state index in [9.17, 15) is 9.18 Å². The molecule has 0 fully saturated rings. The SMILES string of the molecule is CC1=C(C(N)=O)[C@H](c2ccc(C)cc2)n2nc(SCc3ccccc3F)nc2N1. The monoisotopic (exact) mass is 409 g/mol. The molecular formula is C21H20FN5OS. The van der Waals surface area contributed by atoms with Crippen LogP contribution in [0.25, 0.3) is 0 Å². The number of fused-ring (bicyclic) bond motifs is 1. The molecule has 0 aliphatic carbocycles. The number of benzene rings is 2. The Morgan fingerprint density at radius 2 is 1.93 bits per heavy atom. The van der Waals surface area contributed by atoms with Crippen LogP contribution < -0.4 is 11.1 Å². The summed E-state index contributed by atoms with van der Waals surface area (Å²) in [6.07, 6.45) is 0. The number of anilines is 1. The lowest BCUT2D eigenvalue weighted by Crippen LogP contribution is -2.31. The highest BCUT2D eigenvalue weighted by molar-refractivity contribution is 7.98. The Bertz CT molecular complexity index is 1110. The number of aromatic nitrogens is 3. The van der Waals surface area contributed by atoms with Gasteiger partial charge in [-0.15, -0.1) is 5.10 Å². The van der Waals surface area contributed by atoms with Gasteiger partial charge in [0, 0.05) is 11.4 Å². The number of hydrogen-bond acceptors (Lipinski definition) is 5. The summed E-state index contributed by atoms with van der Waals surface area (Å²) in [4.78, 5) is 16.7. The maximum atomic E-state index is 13.9. The van der Waals surface area contributed by atoms with Crippen molar-refractivity contribution in [2.75, 3.05) is 5.32 Å². The Hall–Kier alpha value is -3.13. The van der Waals surface area contributed by atoms with Crippen molar-refractivity contribution in [1.82, 2.24) is 14.8 Å². The zero-order valence-electron chi connectivity index (χ0n) is 16.0. The average molecular weight is 409 g/mol. The van der Waals surface area contributed by atoms with Crippen LogP contribution in [0.1, 0.15) is 29.7 Å². The van der Waals surface area contributed by atoms with Gasteiger partial charge in [0.05, 0.1) is 5.57 Å². The van der Waals surface area contributed by atoms with Crippen LogP contribution in [0.3, 0.4) is 0 Å². The highest BCUT2D eigenvalue weighted by atomic mass is 32.2. The van der Waals surface area contributed by atoms with Crippen LogP contribution in [0.4, 0.5) is 10.3 Å². The molecule has 1 aliphatic heterocycles. The second-order valence-electron chi connectivity index (χ2n) is 6.88. The van der Waals surface area contributed by atoms with Crippen molar-refractivity contribution in [3.63, 3.8) is 0 Å². The van der Waals surface area contributed by atoms with E-state index in [1.165, 1.54) is 17.8 Å². The average Bonchev–Trinajstić information content (AvgIpc) is 3.09. The lowest BCUT2D eigenvalue weighted by Gasteiger charge is -2.27. The molecule has 1 atom stereocenters. The number of hydrogen-bond donors (Lipinski definition) is 2. The van der Waals surface area contributed by atoms with Gasteiger partial charge < -0.3 is 11.1 Å². The van der Waals surface area contributed by atoms with Gasteiger partial charge in [0.1, 0.15) is 11.9 Å². The second kappa shape index (κ2) is 7.71. The zero-order valence-corrected chi connectivity index (χ0v) is 16.8. The number of amides is 1. The third-order valence-electron chi connectivity index (χ3n) is 4.81. The van der Waals surface area contributed by atoms with Crippen molar-refractivity contribution >= 4 is 23.6 Å². The molecule has 0 saturated heterocycles. The van der Waals surface area contributed by atoms with Crippen molar-refractivity contribution in [1.29, 1.82) is 0 Å². The first-order chi connectivity index (χ1) is 13.9. The Morgan fingerprint density at radius 3 is 2.62 bits per heavy atom. The van der Waals surface area contributed by atoms with Crippen molar-refractivity contribution < 1.29 is 9.18 Å². The molecule has 0 bridgehead atoms. The summed E-state index contributed by atoms with van der Waals surface area (Å²) in [7, 11) is 0. The molecule has 4 rings (SSSR count). The second-order valence-corrected chi connectivity index (χ2v) is 7.83. The minimum Gasteiger partial charge on any atom is -0.366 e. The molecule has 3 N–H and O–H groups in total. The lowest BCUT2D eigenvalue weighted by molar-refractivity contribution is -0.115. The standard InChI is InChI=1S/C21H20FN5OS/c1-12-7-9-14(10-8-12)18-17(19(23)28)13(2)24-20-25-21(26-27(18)20)29-11-15-5-3-4-6-16(15)22/h3-10,18H,11H2,1-2H3,(H2,23,28)(H,24,25,26)/t18-/m0/s1. The molecule has 2 heterocycles. The predicted octanol–water partition coefficient (Wildman–Crippen LogP) is 3.79. The number of halogens is 1. The Kier molecular flexibility index (Phi) is 5.10. The molecule has 0 radical (unpaired) electrons. The predicted molar refractivity (Wildman–Crippen MR) is 111 cm³/mol. The van der Waals surface area contributed by atoms with Gasteiger partial charge in [-0.25, -0.2) is 9.07 Å². The quantitative estimate of drug-likeness (QED) is 0.626. The van der Waals surface area contributed by atoms with E-state index in [1.54, 1.807) is 29.8 Å². The molecule has 6 nitrogen and oxygen atoms in total. The van der Waals surface area contributed by atoms with E-state index in [2.05, 4.69) is 15.4 Å². The third-order valence-corrected chi connectivity index (χ3v) is 5.69. The molecule has 1 amide bonds. The number of allylic oxidation sites excluding steroid dienone is 1. The summed E-state index contributed by atoms with van der Waals surface area (Å²) in [5, 5.41) is 8.19. The van der Waals surface area contributed by atoms with E-state index in [0.29, 0.717) is 33.7 Å². The summed E-state index contributed by atoms with van der Waals surface area (Å²) in [5.41, 5.74) is 9.36. The summed E-state index contributed by atoms with van der Waals surface area (Å²) in [6.45, 7) is 3.80. The van der Waals surface area contributed by atoms with Crippen molar-refractivity contribution in [3.8, 4) is 0 Å². The Morgan fingerprint density at radius 1 is 1.21 bits per heavy atom. The zero-order chi connectivity index (χ0) is 20.5. The Labute approximate surface area is 172 Å². The molecule has 2 aromatic carbocycles. The molecule has 0 unspecified atom stereocenters. The first-order valence-corrected chi connectivity index (χ1v) is 10.1. The van der Waals surface area contributed by atoms with Crippen molar-refractivity contribution in [2.24, 2.45) is 5.73 Å². The smallest absolute Gasteiger partial charge is 0.248 e. The van der Waals surface area contributed by atoms with Gasteiger partial charge >= 0.3 is 0 Å². The van der Waals surface area contributed by atoms with E-state index in [-0.39, 0.29) is 5.82 Å². The number of carbonyl (C=O) groups excluding carboxylic acids is 1. The van der Waals surface area contributed by atoms with Crippen LogP contribution in [-0.4, -0.2) is 20.7 Å². The number of primary amides is 1. The molecule has 29 heavy (non-hydrogen) atoms. The number of nitrogens with one attached hydrogen (secondary N) is 1. The summed E-state index contributed by atoms with van der Waals surface area (Å²) < 4.78 is 15.6. The van der Waals surface area contributed by atoms with Crippen molar-refractivity contribution in [3.05, 3.63) is 82.3 Å². The van der Waals surface area contributed by atoms with Gasteiger partial charge in [-0.3, -0.25) is 4.79 Å². The lowest BCUT2D eigenvalue weighted by atomic mass is 9.95. The Balaban J connectivity index is 1.69. The van der Waals surface area contributed by atoms with Crippen LogP contribution in [0.15, 0.2) is 65.0 Å². The maximum absolute atomic E-state index is 13.9. The van der Waals surface area contributed by atoms with E-state index in [1.807, 2.05) is 31.2 Å². The summed E-state index contributed by atoms with van der Waals surface area (Å²) in [5.74, 6) is 0.157. The number of aryl methyl sites for hydroxylation is 1. The van der Waals surface area contributed by atoms with Gasteiger partial charge in [0.2, 0.25) is 17.0 Å². The molecule has 0 spiro atoms. The minimum atomic E-state index is -0.512. The highest BCUT2D eigenvalue weighted by Gasteiger charge is 2.33. The molecule has 1 aliphatic rings. The van der Waals surface area contributed by atoms with Crippen molar-refractivity contribution in [2.45, 2.75) is 30.8 Å². The van der Waals surface area contributed by atoms with Crippen LogP contribution in [-0.2, 0) is 10.5 Å². The van der Waals surface area contributed by atoms with E-state index >= 15 is 0 Å². The normalized spacial score (nSPS) is 15.8. The number of nitrogens with zero attached hydrogens (tertiary/aromatic N) is 3. The molecule has 0 saturated carbocycles. The van der Waals surface area contributed by atoms with Gasteiger partial charge in [0.15, 0.2) is 0 Å². The van der Waals surface area contributed by atoms with Crippen LogP contribution in [0.2, 0.25) is 0 Å². The fourth-order valence-electron chi connectivity index (χ4n) is 3.33. The van der Waals surface area contributed by atoms with Gasteiger partial charge in [0.25, 0.3) is 0 Å². The molecule has 3 aromatic rings. The third kappa shape index (κ3) is 3.75. The van der Waals surface area contributed by atoms with Crippen LogP contribution in [0.5, 0.6) is 0 Å². The number of thioether (sulfide) groups is 1. The van der Waals surface area contributed by atoms with Crippen LogP contribution in [0, 0.1) is 12.7 Å². The number of carbonyl (C=O) groups is 1. The molecule has 8 heteroatoms. The first-order valence-electron chi connectivity index (χ1n) is 9.11. The minimum absolute atomic E-state index is 0.256. The van der Waals surface area contributed by atoms with Gasteiger partial charge in [-0.05, 0) is 31.0 Å². The fourth-order valence-corrected chi connectivity index (χ4v) is 4.14. The van der Waals surface area contributed by atoms with Crippen LogP contribution >= 0.6 is 11.8 Å². The number of rotatable bonds is 5. The summed E-state index contributed by atoms with van der Waals surface area (Å²) >= 11 is 1.33. The topological polar surface area (TPSA) is 85.8 Å². The molecular weight excluding hydrogens is 389 g/mol. The highest BCUT2D eigenvalue weighted by Crippen LogP contribution is 2.36. The summed E-state index contributed by atoms with van der Waals surface area (Å²) in [6, 6.07) is 14.0. The van der Waals surface area contributed by atoms with Gasteiger partial charge in [-0.1, -0.05) is 59.8 Å². The van der Waals surface area contributed by atoms with E-state index < -0.39 is 11.9 Å². The molecule has 1 aromatic heterocycles. The first kappa shape index (κ1) is 19.2. The fraction of sp³-hybridized carbons (Fsp3) is 0.190. The van der Waals surface area contributed by atoms with E-state index in [0.717, 1.165) is 11.1 Å². The van der Waals surface area contributed by atoms with E-state index in [4.69, 9.17) is 5.73 Å². The molecule has 148 valence electrons.